The Morgan fingerprint density at radius 2 is 1.95 bits per heavy atom. The van der Waals surface area contributed by atoms with Gasteiger partial charge in [-0.05, 0) is 38.3 Å². The average molecular weight is 304 g/mol. The lowest BCUT2D eigenvalue weighted by Crippen LogP contribution is -2.49. The van der Waals surface area contributed by atoms with Crippen molar-refractivity contribution >= 4 is 23.3 Å². The molecule has 0 fully saturated rings. The number of amides is 1. The molecule has 0 aliphatic carbocycles. The summed E-state index contributed by atoms with van der Waals surface area (Å²) in [5.74, 6) is -0.0763. The number of hydrogen-bond donors (Lipinski definition) is 1. The molecule has 1 aliphatic rings. The minimum absolute atomic E-state index is 0.0513. The number of para-hydroxylation sites is 2. The molecule has 22 heavy (non-hydrogen) atoms. The smallest absolute Gasteiger partial charge is 0.326 e. The highest BCUT2D eigenvalue weighted by atomic mass is 16.5. The summed E-state index contributed by atoms with van der Waals surface area (Å²) >= 11 is 0. The van der Waals surface area contributed by atoms with Crippen molar-refractivity contribution in [2.24, 2.45) is 5.92 Å². The van der Waals surface area contributed by atoms with Gasteiger partial charge in [0.2, 0.25) is 5.91 Å². The normalized spacial score (nSPS) is 17.5. The van der Waals surface area contributed by atoms with E-state index in [9.17, 15) is 9.59 Å². The third-order valence-electron chi connectivity index (χ3n) is 3.45. The van der Waals surface area contributed by atoms with Gasteiger partial charge in [-0.25, -0.2) is 0 Å². The van der Waals surface area contributed by atoms with Gasteiger partial charge in [0.25, 0.3) is 0 Å². The number of esters is 1. The molecule has 0 radical (unpaired) electrons. The van der Waals surface area contributed by atoms with Gasteiger partial charge in [-0.2, -0.15) is 0 Å². The van der Waals surface area contributed by atoms with Crippen molar-refractivity contribution in [3.05, 3.63) is 24.3 Å². The lowest BCUT2D eigenvalue weighted by atomic mass is 9.99. The zero-order valence-corrected chi connectivity index (χ0v) is 13.6. The molecule has 1 aliphatic heterocycles. The predicted molar refractivity (Wildman–Crippen MR) is 86.9 cm³/mol. The molecule has 0 aromatic heterocycles. The lowest BCUT2D eigenvalue weighted by molar-refractivity contribution is -0.146. The molecule has 0 saturated carbocycles. The zero-order chi connectivity index (χ0) is 16.3. The fourth-order valence-electron chi connectivity index (χ4n) is 2.61. The van der Waals surface area contributed by atoms with Crippen molar-refractivity contribution in [3.63, 3.8) is 0 Å². The molecule has 0 spiro atoms. The lowest BCUT2D eigenvalue weighted by Gasteiger charge is -2.35. The first-order valence-corrected chi connectivity index (χ1v) is 7.75. The highest BCUT2D eigenvalue weighted by Gasteiger charge is 2.34. The number of benzene rings is 1. The number of nitrogens with zero attached hydrogens (tertiary/aromatic N) is 1. The first-order valence-electron chi connectivity index (χ1n) is 7.75. The summed E-state index contributed by atoms with van der Waals surface area (Å²) < 4.78 is 5.18. The van der Waals surface area contributed by atoms with Gasteiger partial charge < -0.3 is 10.1 Å². The Bertz CT molecular complexity index is 555. The van der Waals surface area contributed by atoms with Crippen LogP contribution in [0, 0.1) is 5.92 Å². The molecule has 0 saturated heterocycles. The third-order valence-corrected chi connectivity index (χ3v) is 3.45. The van der Waals surface area contributed by atoms with E-state index in [1.54, 1.807) is 13.8 Å². The quantitative estimate of drug-likeness (QED) is 0.850. The molecule has 1 aromatic rings. The Kier molecular flexibility index (Phi) is 5.06. The van der Waals surface area contributed by atoms with Crippen LogP contribution >= 0.6 is 0 Å². The average Bonchev–Trinajstić information content (AvgIpc) is 2.42. The van der Waals surface area contributed by atoms with Crippen LogP contribution in [0.4, 0.5) is 11.4 Å². The van der Waals surface area contributed by atoms with Gasteiger partial charge in [-0.1, -0.05) is 26.0 Å². The van der Waals surface area contributed by atoms with E-state index in [0.29, 0.717) is 5.92 Å². The molecule has 2 rings (SSSR count). The minimum atomic E-state index is -0.386. The second kappa shape index (κ2) is 6.81. The van der Waals surface area contributed by atoms with Crippen molar-refractivity contribution in [1.29, 1.82) is 0 Å². The SMILES string of the molecule is CC(C)CC1Nc2ccccc2N(CC(=O)OC(C)C)C1=O. The first-order chi connectivity index (χ1) is 10.4. The predicted octanol–water partition coefficient (Wildman–Crippen LogP) is 2.81. The topological polar surface area (TPSA) is 58.6 Å². The Labute approximate surface area is 131 Å². The summed E-state index contributed by atoms with van der Waals surface area (Å²) in [7, 11) is 0. The molecule has 1 aromatic carbocycles. The first kappa shape index (κ1) is 16.3. The van der Waals surface area contributed by atoms with E-state index in [-0.39, 0.29) is 30.6 Å². The summed E-state index contributed by atoms with van der Waals surface area (Å²) in [4.78, 5) is 26.2. The maximum absolute atomic E-state index is 12.7. The van der Waals surface area contributed by atoms with Gasteiger partial charge >= 0.3 is 5.97 Å². The second-order valence-corrected chi connectivity index (χ2v) is 6.31. The van der Waals surface area contributed by atoms with Crippen LogP contribution in [0.15, 0.2) is 24.3 Å². The van der Waals surface area contributed by atoms with Crippen molar-refractivity contribution in [2.75, 3.05) is 16.8 Å². The van der Waals surface area contributed by atoms with Crippen LogP contribution in [0.2, 0.25) is 0 Å². The van der Waals surface area contributed by atoms with E-state index in [1.165, 1.54) is 4.90 Å². The van der Waals surface area contributed by atoms with Gasteiger partial charge in [0.1, 0.15) is 12.6 Å². The number of fused-ring (bicyclic) bond motifs is 1. The van der Waals surface area contributed by atoms with Gasteiger partial charge in [0, 0.05) is 0 Å². The molecule has 1 unspecified atom stereocenters. The van der Waals surface area contributed by atoms with Gasteiger partial charge in [-0.3, -0.25) is 14.5 Å². The van der Waals surface area contributed by atoms with Crippen molar-refractivity contribution in [2.45, 2.75) is 46.3 Å². The Morgan fingerprint density at radius 3 is 2.59 bits per heavy atom. The summed E-state index contributed by atoms with van der Waals surface area (Å²) in [6.07, 6.45) is 0.537. The highest BCUT2D eigenvalue weighted by molar-refractivity contribution is 6.07. The molecular weight excluding hydrogens is 280 g/mol. The van der Waals surface area contributed by atoms with Crippen LogP contribution < -0.4 is 10.2 Å². The zero-order valence-electron chi connectivity index (χ0n) is 13.6. The standard InChI is InChI=1S/C17H24N2O3/c1-11(2)9-14-17(21)19(10-16(20)22-12(3)4)15-8-6-5-7-13(15)18-14/h5-8,11-12,14,18H,9-10H2,1-4H3. The number of nitrogens with one attached hydrogen (secondary N) is 1. The molecule has 0 bridgehead atoms. The second-order valence-electron chi connectivity index (χ2n) is 6.31. The molecule has 5 nitrogen and oxygen atoms in total. The molecule has 1 N–H and O–H groups in total. The van der Waals surface area contributed by atoms with E-state index >= 15 is 0 Å². The van der Waals surface area contributed by atoms with Crippen LogP contribution in [-0.4, -0.2) is 30.6 Å². The summed E-state index contributed by atoms with van der Waals surface area (Å²) in [6, 6.07) is 7.24. The number of carbonyl (C=O) groups excluding carboxylic acids is 2. The fourth-order valence-corrected chi connectivity index (χ4v) is 2.61. The molecular formula is C17H24N2O3. The maximum Gasteiger partial charge on any atom is 0.326 e. The van der Waals surface area contributed by atoms with Crippen molar-refractivity contribution in [3.8, 4) is 0 Å². The van der Waals surface area contributed by atoms with Crippen LogP contribution in [0.25, 0.3) is 0 Å². The largest absolute Gasteiger partial charge is 0.462 e. The number of carbonyl (C=O) groups is 2. The summed E-state index contributed by atoms with van der Waals surface area (Å²) in [5, 5.41) is 3.28. The van der Waals surface area contributed by atoms with Crippen LogP contribution in [-0.2, 0) is 14.3 Å². The molecule has 120 valence electrons. The molecule has 1 amide bonds. The Balaban J connectivity index is 2.24. The Morgan fingerprint density at radius 1 is 1.27 bits per heavy atom. The van der Waals surface area contributed by atoms with E-state index in [2.05, 4.69) is 19.2 Å². The number of rotatable bonds is 5. The molecule has 5 heteroatoms. The number of hydrogen-bond acceptors (Lipinski definition) is 4. The van der Waals surface area contributed by atoms with Crippen molar-refractivity contribution in [1.82, 2.24) is 0 Å². The Hall–Kier alpha value is -2.04. The third kappa shape index (κ3) is 3.78. The fraction of sp³-hybridized carbons (Fsp3) is 0.529. The van der Waals surface area contributed by atoms with E-state index in [0.717, 1.165) is 17.8 Å². The van der Waals surface area contributed by atoms with Gasteiger partial charge in [0.05, 0.1) is 17.5 Å². The van der Waals surface area contributed by atoms with Gasteiger partial charge in [-0.15, -0.1) is 0 Å². The maximum atomic E-state index is 12.7. The highest BCUT2D eigenvalue weighted by Crippen LogP contribution is 2.32. The van der Waals surface area contributed by atoms with E-state index in [4.69, 9.17) is 4.74 Å². The monoisotopic (exact) mass is 304 g/mol. The molecule has 1 atom stereocenters. The van der Waals surface area contributed by atoms with Crippen LogP contribution in [0.5, 0.6) is 0 Å². The van der Waals surface area contributed by atoms with E-state index < -0.39 is 0 Å². The number of anilines is 2. The number of ether oxygens (including phenoxy) is 1. The van der Waals surface area contributed by atoms with Crippen LogP contribution in [0.1, 0.15) is 34.1 Å². The van der Waals surface area contributed by atoms with Gasteiger partial charge in [0.15, 0.2) is 0 Å². The summed E-state index contributed by atoms with van der Waals surface area (Å²) in [5.41, 5.74) is 1.61. The minimum Gasteiger partial charge on any atom is -0.462 e. The van der Waals surface area contributed by atoms with Crippen molar-refractivity contribution < 1.29 is 14.3 Å². The van der Waals surface area contributed by atoms with E-state index in [1.807, 2.05) is 24.3 Å². The van der Waals surface area contributed by atoms with Crippen LogP contribution in [0.3, 0.4) is 0 Å². The molecule has 1 heterocycles. The summed E-state index contributed by atoms with van der Waals surface area (Å²) in [6.45, 7) is 7.70.